The maximum absolute atomic E-state index is 12.6. The lowest BCUT2D eigenvalue weighted by Gasteiger charge is -2.22. The minimum Gasteiger partial charge on any atom is -0.324 e. The van der Waals surface area contributed by atoms with E-state index >= 15 is 0 Å². The number of hydrogen-bond acceptors (Lipinski definition) is 5. The molecule has 1 unspecified atom stereocenters. The number of hydrogen-bond donors (Lipinski definition) is 1. The van der Waals surface area contributed by atoms with Crippen LogP contribution < -0.4 is 5.32 Å². The molecule has 0 radical (unpaired) electrons. The molecule has 2 aromatic rings. The molecule has 2 heterocycles. The number of rotatable bonds is 4. The van der Waals surface area contributed by atoms with Gasteiger partial charge in [-0.1, -0.05) is 48.2 Å². The zero-order valence-electron chi connectivity index (χ0n) is 12.8. The molecule has 24 heavy (non-hydrogen) atoms. The monoisotopic (exact) mass is 374 g/mol. The van der Waals surface area contributed by atoms with Crippen molar-refractivity contribution in [3.05, 3.63) is 57.6 Å². The second kappa shape index (κ2) is 7.29. The Morgan fingerprint density at radius 1 is 1.25 bits per heavy atom. The molecule has 4 nitrogen and oxygen atoms in total. The highest BCUT2D eigenvalue weighted by Crippen LogP contribution is 2.34. The zero-order chi connectivity index (χ0) is 17.1. The summed E-state index contributed by atoms with van der Waals surface area (Å²) in [6, 6.07) is 12.3. The Balaban J connectivity index is 1.75. The Kier molecular flexibility index (Phi) is 5.13. The summed E-state index contributed by atoms with van der Waals surface area (Å²) in [6.45, 7) is 1.68. The predicted molar refractivity (Wildman–Crippen MR) is 104 cm³/mol. The number of amides is 2. The van der Waals surface area contributed by atoms with Crippen molar-refractivity contribution in [3.8, 4) is 0 Å². The maximum Gasteiger partial charge on any atom is 0.266 e. The second-order valence-corrected chi connectivity index (χ2v) is 7.75. The van der Waals surface area contributed by atoms with Gasteiger partial charge in [-0.25, -0.2) is 0 Å². The summed E-state index contributed by atoms with van der Waals surface area (Å²) in [7, 11) is 0. The molecule has 122 valence electrons. The Morgan fingerprint density at radius 3 is 2.67 bits per heavy atom. The molecule has 1 fully saturated rings. The van der Waals surface area contributed by atoms with E-state index in [-0.39, 0.29) is 11.8 Å². The first kappa shape index (κ1) is 16.9. The van der Waals surface area contributed by atoms with Gasteiger partial charge >= 0.3 is 0 Å². The second-order valence-electron chi connectivity index (χ2n) is 5.10. The van der Waals surface area contributed by atoms with E-state index in [1.54, 1.807) is 30.4 Å². The number of anilines is 1. The number of thiophene rings is 1. The normalized spacial score (nSPS) is 17.4. The van der Waals surface area contributed by atoms with Gasteiger partial charge in [0.05, 0.1) is 4.91 Å². The van der Waals surface area contributed by atoms with Gasteiger partial charge in [-0.2, -0.15) is 0 Å². The molecule has 0 saturated carbocycles. The first-order chi connectivity index (χ1) is 11.6. The van der Waals surface area contributed by atoms with Gasteiger partial charge < -0.3 is 5.32 Å². The zero-order valence-corrected chi connectivity index (χ0v) is 15.2. The first-order valence-corrected chi connectivity index (χ1v) is 9.33. The molecular weight excluding hydrogens is 360 g/mol. The van der Waals surface area contributed by atoms with Gasteiger partial charge in [0.15, 0.2) is 0 Å². The first-order valence-electron chi connectivity index (χ1n) is 7.23. The summed E-state index contributed by atoms with van der Waals surface area (Å²) in [5.74, 6) is -0.496. The van der Waals surface area contributed by atoms with Crippen LogP contribution in [0.1, 0.15) is 11.8 Å². The van der Waals surface area contributed by atoms with E-state index in [0.717, 1.165) is 4.88 Å². The van der Waals surface area contributed by atoms with E-state index in [4.69, 9.17) is 12.2 Å². The third-order valence-corrected chi connectivity index (χ3v) is 5.60. The van der Waals surface area contributed by atoms with Crippen LogP contribution in [0.2, 0.25) is 0 Å². The van der Waals surface area contributed by atoms with Crippen molar-refractivity contribution in [1.82, 2.24) is 4.90 Å². The number of carbonyl (C=O) groups excluding carboxylic acids is 2. The number of carbonyl (C=O) groups is 2. The van der Waals surface area contributed by atoms with Gasteiger partial charge in [0, 0.05) is 10.6 Å². The molecule has 7 heteroatoms. The lowest BCUT2D eigenvalue weighted by Crippen LogP contribution is -2.44. The number of thiocarbonyl (C=S) groups is 1. The van der Waals surface area contributed by atoms with Gasteiger partial charge in [-0.15, -0.1) is 11.3 Å². The molecule has 1 aliphatic heterocycles. The topological polar surface area (TPSA) is 49.4 Å². The van der Waals surface area contributed by atoms with Crippen LogP contribution in [-0.2, 0) is 9.59 Å². The van der Waals surface area contributed by atoms with Crippen LogP contribution in [0.25, 0.3) is 6.08 Å². The van der Waals surface area contributed by atoms with Crippen LogP contribution in [0.5, 0.6) is 0 Å². The number of para-hydroxylation sites is 1. The van der Waals surface area contributed by atoms with E-state index in [2.05, 4.69) is 5.32 Å². The molecule has 1 aliphatic rings. The third-order valence-electron chi connectivity index (χ3n) is 3.45. The Labute approximate surface area is 153 Å². The Morgan fingerprint density at radius 2 is 2.00 bits per heavy atom. The van der Waals surface area contributed by atoms with Crippen molar-refractivity contribution in [3.63, 3.8) is 0 Å². The molecule has 0 bridgehead atoms. The van der Waals surface area contributed by atoms with Crippen molar-refractivity contribution in [2.24, 2.45) is 0 Å². The molecule has 3 rings (SSSR count). The van der Waals surface area contributed by atoms with Crippen LogP contribution in [0.3, 0.4) is 0 Å². The van der Waals surface area contributed by atoms with Gasteiger partial charge in [-0.05, 0) is 36.6 Å². The van der Waals surface area contributed by atoms with E-state index in [1.807, 2.05) is 41.8 Å². The highest BCUT2D eigenvalue weighted by atomic mass is 32.2. The highest BCUT2D eigenvalue weighted by molar-refractivity contribution is 8.26. The smallest absolute Gasteiger partial charge is 0.266 e. The number of nitrogens with zero attached hydrogens (tertiary/aromatic N) is 1. The number of thioether (sulfide) groups is 1. The van der Waals surface area contributed by atoms with Crippen molar-refractivity contribution in [2.45, 2.75) is 13.0 Å². The fraction of sp³-hybridized carbons (Fsp3) is 0.118. The van der Waals surface area contributed by atoms with Gasteiger partial charge in [0.2, 0.25) is 5.91 Å². The summed E-state index contributed by atoms with van der Waals surface area (Å²) >= 11 is 8.08. The number of benzene rings is 1. The molecular formula is C17H14N2O2S3. The summed E-state index contributed by atoms with van der Waals surface area (Å²) in [5, 5.41) is 4.75. The summed E-state index contributed by atoms with van der Waals surface area (Å²) in [4.78, 5) is 27.9. The minimum absolute atomic E-state index is 0.228. The predicted octanol–water partition coefficient (Wildman–Crippen LogP) is 3.98. The standard InChI is InChI=1S/C17H14N2O2S3/c1-11(15(20)18-12-6-3-2-4-7-12)19-16(21)14(24-17(19)22)10-13-8-5-9-23-13/h2-11H,1H3,(H,18,20)/b14-10-. The lowest BCUT2D eigenvalue weighted by molar-refractivity contribution is -0.129. The van der Waals surface area contributed by atoms with E-state index in [0.29, 0.717) is 14.9 Å². The van der Waals surface area contributed by atoms with E-state index in [1.165, 1.54) is 16.7 Å². The summed E-state index contributed by atoms with van der Waals surface area (Å²) in [5.41, 5.74) is 0.689. The van der Waals surface area contributed by atoms with E-state index < -0.39 is 6.04 Å². The van der Waals surface area contributed by atoms with Gasteiger partial charge in [0.1, 0.15) is 10.4 Å². The molecule has 1 N–H and O–H groups in total. The molecule has 1 aromatic carbocycles. The van der Waals surface area contributed by atoms with E-state index in [9.17, 15) is 9.59 Å². The quantitative estimate of drug-likeness (QED) is 0.650. The van der Waals surface area contributed by atoms with Crippen LogP contribution in [-0.4, -0.2) is 27.1 Å². The Bertz CT molecular complexity index is 801. The van der Waals surface area contributed by atoms with Crippen LogP contribution in [0.15, 0.2) is 52.7 Å². The summed E-state index contributed by atoms with van der Waals surface area (Å²) in [6.07, 6.45) is 1.81. The largest absolute Gasteiger partial charge is 0.324 e. The fourth-order valence-electron chi connectivity index (χ4n) is 2.20. The molecule has 1 atom stereocenters. The van der Waals surface area contributed by atoms with Crippen molar-refractivity contribution >= 4 is 63.2 Å². The van der Waals surface area contributed by atoms with Crippen molar-refractivity contribution in [1.29, 1.82) is 0 Å². The molecule has 1 saturated heterocycles. The highest BCUT2D eigenvalue weighted by Gasteiger charge is 2.38. The molecule has 0 spiro atoms. The van der Waals surface area contributed by atoms with Crippen LogP contribution in [0, 0.1) is 0 Å². The van der Waals surface area contributed by atoms with Gasteiger partial charge in [-0.3, -0.25) is 14.5 Å². The fourth-order valence-corrected chi connectivity index (χ4v) is 4.34. The SMILES string of the molecule is CC(C(=O)Nc1ccccc1)N1C(=O)/C(=C/c2cccs2)SC1=S. The van der Waals surface area contributed by atoms with Gasteiger partial charge in [0.25, 0.3) is 5.91 Å². The molecule has 1 aromatic heterocycles. The Hall–Kier alpha value is -1.96. The average molecular weight is 375 g/mol. The van der Waals surface area contributed by atoms with Crippen molar-refractivity contribution < 1.29 is 9.59 Å². The summed E-state index contributed by atoms with van der Waals surface area (Å²) < 4.78 is 0.401. The third kappa shape index (κ3) is 3.58. The lowest BCUT2D eigenvalue weighted by atomic mass is 10.2. The van der Waals surface area contributed by atoms with Crippen LogP contribution in [0.4, 0.5) is 5.69 Å². The molecule has 0 aliphatic carbocycles. The average Bonchev–Trinajstić information content (AvgIpc) is 3.17. The van der Waals surface area contributed by atoms with Crippen molar-refractivity contribution in [2.75, 3.05) is 5.32 Å². The minimum atomic E-state index is -0.674. The number of nitrogens with one attached hydrogen (secondary N) is 1. The maximum atomic E-state index is 12.6. The molecule has 2 amide bonds. The van der Waals surface area contributed by atoms with Crippen LogP contribution >= 0.6 is 35.3 Å².